The maximum atomic E-state index is 8.24. The fourth-order valence-corrected chi connectivity index (χ4v) is 2.01. The first-order valence-corrected chi connectivity index (χ1v) is 4.71. The lowest BCUT2D eigenvalue weighted by Gasteiger charge is -2.31. The molecular formula is C8H13N3O2. The zero-order valence-electron chi connectivity index (χ0n) is 7.48. The first-order chi connectivity index (χ1) is 6.35. The quantitative estimate of drug-likeness (QED) is 0.355. The lowest BCUT2D eigenvalue weighted by molar-refractivity contribution is -0.186. The van der Waals surface area contributed by atoms with E-state index in [-0.39, 0.29) is 0 Å². The minimum absolute atomic E-state index is 0.407. The molecular weight excluding hydrogens is 170 g/mol. The second-order valence-corrected chi connectivity index (χ2v) is 3.56. The first-order valence-electron chi connectivity index (χ1n) is 4.71. The number of rotatable bonds is 1. The van der Waals surface area contributed by atoms with E-state index in [0.717, 1.165) is 25.7 Å². The molecule has 1 heterocycles. The fraction of sp³-hybridized carbons (Fsp3) is 1.00. The van der Waals surface area contributed by atoms with Crippen molar-refractivity contribution < 1.29 is 9.47 Å². The predicted octanol–water partition coefficient (Wildman–Crippen LogP) is 2.33. The second kappa shape index (κ2) is 3.54. The normalized spacial score (nSPS) is 31.5. The van der Waals surface area contributed by atoms with Crippen LogP contribution in [-0.4, -0.2) is 18.6 Å². The van der Waals surface area contributed by atoms with Gasteiger partial charge < -0.3 is 9.47 Å². The molecule has 2 fully saturated rings. The Morgan fingerprint density at radius 3 is 2.77 bits per heavy atom. The highest BCUT2D eigenvalue weighted by Gasteiger charge is 2.41. The maximum absolute atomic E-state index is 8.24. The molecule has 5 heteroatoms. The van der Waals surface area contributed by atoms with Crippen molar-refractivity contribution in [2.45, 2.75) is 44.1 Å². The van der Waals surface area contributed by atoms with Crippen LogP contribution in [0.25, 0.3) is 10.4 Å². The van der Waals surface area contributed by atoms with Crippen LogP contribution in [0.15, 0.2) is 5.11 Å². The van der Waals surface area contributed by atoms with Gasteiger partial charge >= 0.3 is 0 Å². The standard InChI is InChI=1S/C8H13N3O2/c9-11-10-7-6-12-8(13-7)4-2-1-3-5-8/h7H,1-6H2. The number of ether oxygens (including phenoxy) is 2. The monoisotopic (exact) mass is 183 g/mol. The van der Waals surface area contributed by atoms with E-state index >= 15 is 0 Å². The van der Waals surface area contributed by atoms with Crippen molar-refractivity contribution in [1.82, 2.24) is 0 Å². The summed E-state index contributed by atoms with van der Waals surface area (Å²) in [6, 6.07) is 0. The third-order valence-electron chi connectivity index (χ3n) is 2.64. The summed E-state index contributed by atoms with van der Waals surface area (Å²) in [7, 11) is 0. The molecule has 2 aliphatic rings. The summed E-state index contributed by atoms with van der Waals surface area (Å²) in [5.41, 5.74) is 8.24. The van der Waals surface area contributed by atoms with Crippen LogP contribution in [0.1, 0.15) is 32.1 Å². The minimum Gasteiger partial charge on any atom is -0.347 e. The van der Waals surface area contributed by atoms with Gasteiger partial charge in [0.05, 0.1) is 6.61 Å². The van der Waals surface area contributed by atoms with Gasteiger partial charge in [0.15, 0.2) is 12.0 Å². The van der Waals surface area contributed by atoms with Gasteiger partial charge in [-0.05, 0) is 18.4 Å². The summed E-state index contributed by atoms with van der Waals surface area (Å²) in [5.74, 6) is -0.420. The van der Waals surface area contributed by atoms with Gasteiger partial charge in [-0.25, -0.2) is 0 Å². The second-order valence-electron chi connectivity index (χ2n) is 3.56. The summed E-state index contributed by atoms with van der Waals surface area (Å²) in [5, 5.41) is 3.51. The zero-order chi connectivity index (χ0) is 9.15. The van der Waals surface area contributed by atoms with E-state index in [4.69, 9.17) is 15.0 Å². The lowest BCUT2D eigenvalue weighted by atomic mass is 9.94. The molecule has 0 bridgehead atoms. The van der Waals surface area contributed by atoms with Crippen molar-refractivity contribution in [3.63, 3.8) is 0 Å². The summed E-state index contributed by atoms with van der Waals surface area (Å²) in [6.07, 6.45) is 4.99. The molecule has 1 saturated carbocycles. The highest BCUT2D eigenvalue weighted by Crippen LogP contribution is 2.37. The molecule has 0 aromatic carbocycles. The van der Waals surface area contributed by atoms with Gasteiger partial charge in [-0.2, -0.15) is 0 Å². The van der Waals surface area contributed by atoms with Crippen LogP contribution in [0.3, 0.4) is 0 Å². The number of nitrogens with zero attached hydrogens (tertiary/aromatic N) is 3. The Morgan fingerprint density at radius 1 is 1.31 bits per heavy atom. The average Bonchev–Trinajstić information content (AvgIpc) is 2.51. The van der Waals surface area contributed by atoms with E-state index < -0.39 is 12.0 Å². The summed E-state index contributed by atoms with van der Waals surface area (Å²) >= 11 is 0. The van der Waals surface area contributed by atoms with Crippen LogP contribution in [0.5, 0.6) is 0 Å². The van der Waals surface area contributed by atoms with Crippen LogP contribution >= 0.6 is 0 Å². The van der Waals surface area contributed by atoms with Gasteiger partial charge in [-0.3, -0.25) is 0 Å². The van der Waals surface area contributed by atoms with E-state index in [1.807, 2.05) is 0 Å². The van der Waals surface area contributed by atoms with E-state index in [9.17, 15) is 0 Å². The molecule has 1 aliphatic carbocycles. The highest BCUT2D eigenvalue weighted by molar-refractivity contribution is 4.81. The molecule has 2 rings (SSSR count). The number of hydrogen-bond donors (Lipinski definition) is 0. The molecule has 0 amide bonds. The van der Waals surface area contributed by atoms with Gasteiger partial charge in [-0.15, -0.1) is 0 Å². The number of hydrogen-bond acceptors (Lipinski definition) is 3. The van der Waals surface area contributed by atoms with Gasteiger partial charge in [0, 0.05) is 17.8 Å². The third-order valence-corrected chi connectivity index (χ3v) is 2.64. The van der Waals surface area contributed by atoms with Gasteiger partial charge in [0.25, 0.3) is 0 Å². The molecule has 72 valence electrons. The van der Waals surface area contributed by atoms with E-state index in [1.54, 1.807) is 0 Å². The van der Waals surface area contributed by atoms with Crippen LogP contribution in [0, 0.1) is 0 Å². The molecule has 1 spiro atoms. The minimum atomic E-state index is -0.420. The highest BCUT2D eigenvalue weighted by atomic mass is 16.8. The van der Waals surface area contributed by atoms with Crippen molar-refractivity contribution in [2.24, 2.45) is 5.11 Å². The molecule has 0 aromatic heterocycles. The first kappa shape index (κ1) is 8.81. The third kappa shape index (κ3) is 1.77. The average molecular weight is 183 g/mol. The van der Waals surface area contributed by atoms with Crippen LogP contribution < -0.4 is 0 Å². The van der Waals surface area contributed by atoms with Gasteiger partial charge in [0.2, 0.25) is 0 Å². The van der Waals surface area contributed by atoms with E-state index in [0.29, 0.717) is 6.61 Å². The molecule has 1 aliphatic heterocycles. The molecule has 5 nitrogen and oxygen atoms in total. The van der Waals surface area contributed by atoms with E-state index in [2.05, 4.69) is 10.0 Å². The molecule has 0 N–H and O–H groups in total. The Bertz CT molecular complexity index is 232. The van der Waals surface area contributed by atoms with Crippen LogP contribution in [-0.2, 0) is 9.47 Å². The summed E-state index contributed by atoms with van der Waals surface area (Å²) in [6.45, 7) is 0.407. The zero-order valence-corrected chi connectivity index (χ0v) is 7.48. The van der Waals surface area contributed by atoms with Crippen LogP contribution in [0.4, 0.5) is 0 Å². The van der Waals surface area contributed by atoms with Crippen molar-refractivity contribution in [3.8, 4) is 0 Å². The van der Waals surface area contributed by atoms with Crippen molar-refractivity contribution in [1.29, 1.82) is 0 Å². The van der Waals surface area contributed by atoms with Gasteiger partial charge in [-0.1, -0.05) is 11.5 Å². The molecule has 13 heavy (non-hydrogen) atoms. The number of azide groups is 1. The molecule has 1 atom stereocenters. The van der Waals surface area contributed by atoms with Crippen molar-refractivity contribution >= 4 is 0 Å². The molecule has 1 unspecified atom stereocenters. The van der Waals surface area contributed by atoms with Crippen LogP contribution in [0.2, 0.25) is 0 Å². The Morgan fingerprint density at radius 2 is 2.08 bits per heavy atom. The molecule has 0 radical (unpaired) electrons. The largest absolute Gasteiger partial charge is 0.347 e. The van der Waals surface area contributed by atoms with Crippen molar-refractivity contribution in [2.75, 3.05) is 6.61 Å². The lowest BCUT2D eigenvalue weighted by Crippen LogP contribution is -2.33. The molecule has 1 saturated heterocycles. The summed E-state index contributed by atoms with van der Waals surface area (Å²) < 4.78 is 11.1. The van der Waals surface area contributed by atoms with E-state index in [1.165, 1.54) is 6.42 Å². The Labute approximate surface area is 76.6 Å². The SMILES string of the molecule is [N-]=[N+]=NC1COC2(CCCCC2)O1. The van der Waals surface area contributed by atoms with Crippen molar-refractivity contribution in [3.05, 3.63) is 10.4 Å². The fourth-order valence-electron chi connectivity index (χ4n) is 2.01. The topological polar surface area (TPSA) is 67.2 Å². The Kier molecular flexibility index (Phi) is 2.40. The molecule has 0 aromatic rings. The Balaban J connectivity index is 1.98. The maximum Gasteiger partial charge on any atom is 0.169 e. The van der Waals surface area contributed by atoms with Gasteiger partial charge in [0.1, 0.15) is 0 Å². The predicted molar refractivity (Wildman–Crippen MR) is 45.8 cm³/mol. The summed E-state index contributed by atoms with van der Waals surface area (Å²) in [4.78, 5) is 2.72. The smallest absolute Gasteiger partial charge is 0.169 e. The Hall–Kier alpha value is -0.770.